The Kier molecular flexibility index (Phi) is 6.71. The molecule has 2 rings (SSSR count). The molecule has 1 N–H and O–H groups in total. The summed E-state index contributed by atoms with van der Waals surface area (Å²) < 4.78 is 8.02. The van der Waals surface area contributed by atoms with Crippen LogP contribution in [0.3, 0.4) is 0 Å². The largest absolute Gasteiger partial charge is 0.377 e. The summed E-state index contributed by atoms with van der Waals surface area (Å²) >= 11 is 0. The number of ether oxygens (including phenoxy) is 1. The van der Waals surface area contributed by atoms with E-state index in [0.29, 0.717) is 12.1 Å². The highest BCUT2D eigenvalue weighted by molar-refractivity contribution is 5.04. The van der Waals surface area contributed by atoms with E-state index in [1.807, 2.05) is 17.9 Å². The van der Waals surface area contributed by atoms with Gasteiger partial charge in [0.1, 0.15) is 0 Å². The zero-order valence-electron chi connectivity index (χ0n) is 13.8. The lowest BCUT2D eigenvalue weighted by atomic mass is 9.81. The molecule has 0 aliphatic heterocycles. The lowest BCUT2D eigenvalue weighted by molar-refractivity contribution is -0.0176. The summed E-state index contributed by atoms with van der Waals surface area (Å²) in [5.74, 6) is 0.727. The molecular weight excluding hydrogens is 262 g/mol. The van der Waals surface area contributed by atoms with Crippen molar-refractivity contribution in [3.63, 3.8) is 0 Å². The number of hydrogen-bond acceptors (Lipinski definition) is 3. The van der Waals surface area contributed by atoms with E-state index < -0.39 is 0 Å². The van der Waals surface area contributed by atoms with Crippen molar-refractivity contribution in [2.24, 2.45) is 13.0 Å². The lowest BCUT2D eigenvalue weighted by Crippen LogP contribution is -2.45. The maximum Gasteiger partial charge on any atom is 0.0755 e. The van der Waals surface area contributed by atoms with Crippen LogP contribution in [-0.4, -0.2) is 35.6 Å². The third-order valence-electron chi connectivity index (χ3n) is 4.74. The average molecular weight is 293 g/mol. The number of aromatic nitrogens is 2. The lowest BCUT2D eigenvalue weighted by Gasteiger charge is -2.35. The van der Waals surface area contributed by atoms with Gasteiger partial charge in [-0.1, -0.05) is 19.3 Å². The molecule has 2 atom stereocenters. The number of nitrogens with one attached hydrogen (secondary N) is 1. The molecule has 0 aromatic carbocycles. The molecule has 1 aromatic rings. The van der Waals surface area contributed by atoms with Crippen LogP contribution in [0.5, 0.6) is 0 Å². The van der Waals surface area contributed by atoms with Crippen molar-refractivity contribution in [3.8, 4) is 0 Å². The second-order valence-corrected chi connectivity index (χ2v) is 6.27. The Bertz CT molecular complexity index is 398. The van der Waals surface area contributed by atoms with Gasteiger partial charge in [0.05, 0.1) is 12.3 Å². The van der Waals surface area contributed by atoms with Gasteiger partial charge in [-0.2, -0.15) is 5.10 Å². The Labute approximate surface area is 129 Å². The highest BCUT2D eigenvalue weighted by atomic mass is 16.5. The summed E-state index contributed by atoms with van der Waals surface area (Å²) in [6.45, 7) is 2.93. The van der Waals surface area contributed by atoms with Crippen LogP contribution < -0.4 is 5.32 Å². The van der Waals surface area contributed by atoms with E-state index in [1.54, 1.807) is 0 Å². The zero-order chi connectivity index (χ0) is 15.1. The van der Waals surface area contributed by atoms with Gasteiger partial charge in [0.25, 0.3) is 0 Å². The molecule has 1 heterocycles. The molecule has 1 fully saturated rings. The van der Waals surface area contributed by atoms with Crippen LogP contribution in [-0.2, 0) is 18.2 Å². The molecule has 1 saturated carbocycles. The zero-order valence-corrected chi connectivity index (χ0v) is 13.8. The monoisotopic (exact) mass is 293 g/mol. The number of nitrogens with zero attached hydrogens (tertiary/aromatic N) is 2. The quantitative estimate of drug-likeness (QED) is 0.801. The molecule has 0 saturated heterocycles. The van der Waals surface area contributed by atoms with Gasteiger partial charge >= 0.3 is 0 Å². The van der Waals surface area contributed by atoms with E-state index in [4.69, 9.17) is 4.74 Å². The van der Waals surface area contributed by atoms with Crippen molar-refractivity contribution in [2.45, 2.75) is 64.0 Å². The third-order valence-corrected chi connectivity index (χ3v) is 4.74. The van der Waals surface area contributed by atoms with Crippen LogP contribution >= 0.6 is 0 Å². The fourth-order valence-electron chi connectivity index (χ4n) is 3.63. The van der Waals surface area contributed by atoms with E-state index in [-0.39, 0.29) is 0 Å². The Balaban J connectivity index is 1.93. The van der Waals surface area contributed by atoms with Crippen molar-refractivity contribution in [1.29, 1.82) is 0 Å². The predicted octanol–water partition coefficient (Wildman–Crippen LogP) is 2.93. The molecule has 2 unspecified atom stereocenters. The van der Waals surface area contributed by atoms with Crippen LogP contribution in [0.15, 0.2) is 12.4 Å². The van der Waals surface area contributed by atoms with Crippen molar-refractivity contribution in [1.82, 2.24) is 15.1 Å². The highest BCUT2D eigenvalue weighted by Crippen LogP contribution is 2.30. The molecule has 0 radical (unpaired) electrons. The summed E-state index contributed by atoms with van der Waals surface area (Å²) in [4.78, 5) is 0. The van der Waals surface area contributed by atoms with Crippen molar-refractivity contribution < 1.29 is 4.74 Å². The number of rotatable bonds is 8. The number of likely N-dealkylation sites (N-methyl/N-ethyl adjacent to an activating group) is 1. The van der Waals surface area contributed by atoms with Crippen LogP contribution in [0.4, 0.5) is 0 Å². The minimum atomic E-state index is 0.358. The number of aryl methyl sites for hydroxylation is 2. The standard InChI is InChI=1S/C17H31N3O/c1-4-21-17(15-8-6-5-7-9-15)16(18-2)11-10-14-12-19-20(3)13-14/h12-13,15-18H,4-11H2,1-3H3. The first kappa shape index (κ1) is 16.5. The maximum atomic E-state index is 6.14. The average Bonchev–Trinajstić information content (AvgIpc) is 2.93. The van der Waals surface area contributed by atoms with E-state index >= 15 is 0 Å². The topological polar surface area (TPSA) is 39.1 Å². The fourth-order valence-corrected chi connectivity index (χ4v) is 3.63. The molecule has 1 aliphatic rings. The SMILES string of the molecule is CCOC(C1CCCCC1)C(CCc1cnn(C)c1)NC. The first-order valence-corrected chi connectivity index (χ1v) is 8.51. The normalized spacial score (nSPS) is 19.6. The summed E-state index contributed by atoms with van der Waals surface area (Å²) in [6.07, 6.45) is 13.4. The van der Waals surface area contributed by atoms with Crippen LogP contribution in [0.1, 0.15) is 51.0 Å². The van der Waals surface area contributed by atoms with Gasteiger partial charge in [-0.25, -0.2) is 0 Å². The predicted molar refractivity (Wildman–Crippen MR) is 86.4 cm³/mol. The van der Waals surface area contributed by atoms with Gasteiger partial charge in [-0.3, -0.25) is 4.68 Å². The second kappa shape index (κ2) is 8.54. The van der Waals surface area contributed by atoms with E-state index in [9.17, 15) is 0 Å². The maximum absolute atomic E-state index is 6.14. The van der Waals surface area contributed by atoms with Gasteiger partial charge < -0.3 is 10.1 Å². The Hall–Kier alpha value is -0.870. The third kappa shape index (κ3) is 4.82. The summed E-state index contributed by atoms with van der Waals surface area (Å²) in [5.41, 5.74) is 1.32. The fraction of sp³-hybridized carbons (Fsp3) is 0.824. The van der Waals surface area contributed by atoms with E-state index in [1.165, 1.54) is 37.7 Å². The van der Waals surface area contributed by atoms with Crippen molar-refractivity contribution in [2.75, 3.05) is 13.7 Å². The van der Waals surface area contributed by atoms with Crippen molar-refractivity contribution in [3.05, 3.63) is 18.0 Å². The number of hydrogen-bond donors (Lipinski definition) is 1. The molecule has 4 heteroatoms. The van der Waals surface area contributed by atoms with Crippen LogP contribution in [0.25, 0.3) is 0 Å². The van der Waals surface area contributed by atoms with Crippen molar-refractivity contribution >= 4 is 0 Å². The molecule has 4 nitrogen and oxygen atoms in total. The molecule has 1 aliphatic carbocycles. The molecule has 1 aromatic heterocycles. The summed E-state index contributed by atoms with van der Waals surface area (Å²) in [5, 5.41) is 7.77. The Morgan fingerprint density at radius 1 is 1.38 bits per heavy atom. The summed E-state index contributed by atoms with van der Waals surface area (Å²) in [7, 11) is 4.05. The second-order valence-electron chi connectivity index (χ2n) is 6.27. The summed E-state index contributed by atoms with van der Waals surface area (Å²) in [6, 6.07) is 0.438. The Morgan fingerprint density at radius 2 is 2.14 bits per heavy atom. The highest BCUT2D eigenvalue weighted by Gasteiger charge is 2.30. The van der Waals surface area contributed by atoms with E-state index in [0.717, 1.165) is 25.4 Å². The van der Waals surface area contributed by atoms with Gasteiger partial charge in [0.2, 0.25) is 0 Å². The van der Waals surface area contributed by atoms with E-state index in [2.05, 4.69) is 30.6 Å². The molecule has 0 amide bonds. The first-order valence-electron chi connectivity index (χ1n) is 8.51. The minimum absolute atomic E-state index is 0.358. The Morgan fingerprint density at radius 3 is 2.71 bits per heavy atom. The first-order chi connectivity index (χ1) is 10.2. The van der Waals surface area contributed by atoms with Crippen LogP contribution in [0, 0.1) is 5.92 Å². The van der Waals surface area contributed by atoms with Gasteiger partial charge in [0, 0.05) is 25.9 Å². The minimum Gasteiger partial charge on any atom is -0.377 e. The molecular formula is C17H31N3O. The van der Waals surface area contributed by atoms with Gasteiger partial charge in [0.15, 0.2) is 0 Å². The van der Waals surface area contributed by atoms with Crippen LogP contribution in [0.2, 0.25) is 0 Å². The molecule has 0 bridgehead atoms. The van der Waals surface area contributed by atoms with Gasteiger partial charge in [-0.15, -0.1) is 0 Å². The molecule has 21 heavy (non-hydrogen) atoms. The van der Waals surface area contributed by atoms with Gasteiger partial charge in [-0.05, 0) is 51.1 Å². The molecule has 0 spiro atoms. The smallest absolute Gasteiger partial charge is 0.0755 e. The molecule has 120 valence electrons.